The van der Waals surface area contributed by atoms with Gasteiger partial charge in [-0.25, -0.2) is 0 Å². The molecule has 0 aliphatic carbocycles. The zero-order chi connectivity index (χ0) is 26.7. The van der Waals surface area contributed by atoms with Gasteiger partial charge in [-0.2, -0.15) is 0 Å². The van der Waals surface area contributed by atoms with Crippen LogP contribution in [0.5, 0.6) is 0 Å². The highest BCUT2D eigenvalue weighted by Gasteiger charge is 2.23. The molecule has 1 atom stereocenters. The van der Waals surface area contributed by atoms with Crippen molar-refractivity contribution in [3.05, 3.63) is 72.3 Å². The lowest BCUT2D eigenvalue weighted by Gasteiger charge is -2.23. The molecule has 3 aromatic carbocycles. The summed E-state index contributed by atoms with van der Waals surface area (Å²) in [4.78, 5) is 41.4. The third-order valence-corrected chi connectivity index (χ3v) is 7.72. The zero-order valence-corrected chi connectivity index (χ0v) is 22.5. The predicted octanol–water partition coefficient (Wildman–Crippen LogP) is 4.03. The summed E-state index contributed by atoms with van der Waals surface area (Å²) >= 11 is 1.71. The fourth-order valence-corrected chi connectivity index (χ4v) is 5.63. The molecule has 1 aliphatic heterocycles. The third-order valence-electron chi connectivity index (χ3n) is 6.65. The van der Waals surface area contributed by atoms with Gasteiger partial charge >= 0.3 is 0 Å². The Balaban J connectivity index is 1.33. The number of carbonyl (C=O) groups excluding carboxylic acids is 3. The molecule has 38 heavy (non-hydrogen) atoms. The summed E-state index contributed by atoms with van der Waals surface area (Å²) in [6.45, 7) is 1.54. The molecule has 3 aromatic rings. The Morgan fingerprint density at radius 1 is 0.974 bits per heavy atom. The van der Waals surface area contributed by atoms with Gasteiger partial charge in [0, 0.05) is 43.0 Å². The number of nitrogens with zero attached hydrogens (tertiary/aromatic N) is 1. The molecule has 0 fully saturated rings. The molecule has 0 aromatic heterocycles. The highest BCUT2D eigenvalue weighted by Crippen LogP contribution is 2.34. The first-order chi connectivity index (χ1) is 18.5. The second kappa shape index (κ2) is 14.0. The topological polar surface area (TPSA) is 105 Å². The average Bonchev–Trinajstić information content (AvgIpc) is 3.08. The van der Waals surface area contributed by atoms with E-state index in [1.807, 2.05) is 59.5 Å². The molecule has 0 radical (unpaired) electrons. The molecule has 0 bridgehead atoms. The minimum atomic E-state index is -0.669. The van der Waals surface area contributed by atoms with Crippen LogP contribution in [0, 0.1) is 0 Å². The Kier molecular flexibility index (Phi) is 10.2. The van der Waals surface area contributed by atoms with Gasteiger partial charge in [-0.05, 0) is 54.3 Å². The molecule has 0 saturated heterocycles. The normalized spacial score (nSPS) is 14.0. The van der Waals surface area contributed by atoms with Crippen LogP contribution < -0.4 is 21.3 Å². The maximum Gasteiger partial charge on any atom is 0.242 e. The Labute approximate surface area is 228 Å². The summed E-state index contributed by atoms with van der Waals surface area (Å²) in [5.74, 6) is 0.532. The second-order valence-electron chi connectivity index (χ2n) is 9.51. The molecule has 0 spiro atoms. The number of hydrogen-bond donors (Lipinski definition) is 3. The van der Waals surface area contributed by atoms with Gasteiger partial charge < -0.3 is 21.3 Å². The summed E-state index contributed by atoms with van der Waals surface area (Å²) in [5, 5.41) is 8.08. The second-order valence-corrected chi connectivity index (χ2v) is 10.6. The van der Waals surface area contributed by atoms with Crippen molar-refractivity contribution in [1.82, 2.24) is 10.6 Å². The molecule has 200 valence electrons. The molecule has 7 nitrogen and oxygen atoms in total. The monoisotopic (exact) mass is 532 g/mol. The van der Waals surface area contributed by atoms with Crippen molar-refractivity contribution in [3.8, 4) is 0 Å². The summed E-state index contributed by atoms with van der Waals surface area (Å²) < 4.78 is 0. The number of rotatable bonds is 12. The smallest absolute Gasteiger partial charge is 0.242 e. The van der Waals surface area contributed by atoms with E-state index in [1.165, 1.54) is 0 Å². The summed E-state index contributed by atoms with van der Waals surface area (Å²) in [7, 11) is 0. The number of nitrogens with one attached hydrogen (secondary N) is 2. The van der Waals surface area contributed by atoms with Crippen LogP contribution in [0.25, 0.3) is 10.8 Å². The Morgan fingerprint density at radius 2 is 1.76 bits per heavy atom. The van der Waals surface area contributed by atoms with Gasteiger partial charge in [0.2, 0.25) is 17.7 Å². The van der Waals surface area contributed by atoms with Gasteiger partial charge in [0.15, 0.2) is 0 Å². The Bertz CT molecular complexity index is 1260. The maximum atomic E-state index is 12.9. The first-order valence-corrected chi connectivity index (χ1v) is 14.3. The first kappa shape index (κ1) is 27.7. The van der Waals surface area contributed by atoms with Crippen LogP contribution >= 0.6 is 11.8 Å². The molecular weight excluding hydrogens is 496 g/mol. The highest BCUT2D eigenvalue weighted by molar-refractivity contribution is 7.99. The minimum Gasteiger partial charge on any atom is -0.354 e. The lowest BCUT2D eigenvalue weighted by atomic mass is 10.0. The molecule has 4 N–H and O–H groups in total. The number of benzene rings is 3. The summed E-state index contributed by atoms with van der Waals surface area (Å²) in [6, 6.07) is 21.5. The summed E-state index contributed by atoms with van der Waals surface area (Å²) in [5.41, 5.74) is 7.51. The molecule has 1 heterocycles. The maximum absolute atomic E-state index is 12.9. The van der Waals surface area contributed by atoms with Gasteiger partial charge in [0.05, 0.1) is 5.69 Å². The van der Waals surface area contributed by atoms with Crippen LogP contribution in [0.4, 0.5) is 5.69 Å². The number of para-hydroxylation sites is 1. The number of fused-ring (bicyclic) bond motifs is 2. The van der Waals surface area contributed by atoms with Crippen LogP contribution in [-0.4, -0.2) is 49.2 Å². The van der Waals surface area contributed by atoms with Crippen molar-refractivity contribution in [2.45, 2.75) is 49.5 Å². The SMILES string of the molecule is NCCCNC(=O)C(Cc1ccc2ccccc2c1)NC(=O)CCCCN1C(=O)CCSc2ccccc21. The fraction of sp³-hybridized carbons (Fsp3) is 0.367. The van der Waals surface area contributed by atoms with E-state index in [-0.39, 0.29) is 17.7 Å². The van der Waals surface area contributed by atoms with Crippen molar-refractivity contribution >= 4 is 45.9 Å². The Hall–Kier alpha value is -3.36. The molecule has 1 aliphatic rings. The number of nitrogens with two attached hydrogens (primary N) is 1. The molecule has 3 amide bonds. The summed E-state index contributed by atoms with van der Waals surface area (Å²) in [6.07, 6.45) is 3.22. The highest BCUT2D eigenvalue weighted by atomic mass is 32.2. The molecular formula is C30H36N4O3S. The van der Waals surface area contributed by atoms with Crippen LogP contribution in [0.3, 0.4) is 0 Å². The predicted molar refractivity (Wildman–Crippen MR) is 154 cm³/mol. The number of unbranched alkanes of at least 4 members (excludes halogenated alkanes) is 1. The quantitative estimate of drug-likeness (QED) is 0.306. The van der Waals surface area contributed by atoms with Crippen LogP contribution in [-0.2, 0) is 20.8 Å². The van der Waals surface area contributed by atoms with Crippen molar-refractivity contribution in [2.24, 2.45) is 5.73 Å². The van der Waals surface area contributed by atoms with Gasteiger partial charge in [-0.1, -0.05) is 54.6 Å². The minimum absolute atomic E-state index is 0.122. The Morgan fingerprint density at radius 3 is 2.61 bits per heavy atom. The third kappa shape index (κ3) is 7.58. The number of carbonyl (C=O) groups is 3. The number of hydrogen-bond acceptors (Lipinski definition) is 5. The molecule has 0 saturated carbocycles. The fourth-order valence-electron chi connectivity index (χ4n) is 4.63. The van der Waals surface area contributed by atoms with E-state index in [4.69, 9.17) is 5.73 Å². The van der Waals surface area contributed by atoms with Crippen molar-refractivity contribution in [3.63, 3.8) is 0 Å². The van der Waals surface area contributed by atoms with Crippen LogP contribution in [0.2, 0.25) is 0 Å². The van der Waals surface area contributed by atoms with E-state index in [2.05, 4.69) is 22.8 Å². The van der Waals surface area contributed by atoms with Gasteiger partial charge in [-0.15, -0.1) is 11.8 Å². The van der Waals surface area contributed by atoms with Crippen molar-refractivity contribution < 1.29 is 14.4 Å². The van der Waals surface area contributed by atoms with Gasteiger partial charge in [-0.3, -0.25) is 14.4 Å². The van der Waals surface area contributed by atoms with Gasteiger partial charge in [0.25, 0.3) is 0 Å². The first-order valence-electron chi connectivity index (χ1n) is 13.3. The van der Waals surface area contributed by atoms with E-state index >= 15 is 0 Å². The molecule has 1 unspecified atom stereocenters. The lowest BCUT2D eigenvalue weighted by molar-refractivity contribution is -0.129. The van der Waals surface area contributed by atoms with Crippen molar-refractivity contribution in [1.29, 1.82) is 0 Å². The van der Waals surface area contributed by atoms with E-state index < -0.39 is 6.04 Å². The van der Waals surface area contributed by atoms with E-state index in [0.717, 1.165) is 32.7 Å². The molecule has 4 rings (SSSR count). The van der Waals surface area contributed by atoms with E-state index in [0.29, 0.717) is 58.2 Å². The van der Waals surface area contributed by atoms with E-state index in [9.17, 15) is 14.4 Å². The number of amides is 3. The zero-order valence-electron chi connectivity index (χ0n) is 21.7. The lowest BCUT2D eigenvalue weighted by Crippen LogP contribution is -2.48. The standard InChI is InChI=1S/C30H36N4O3S/c31-16-7-17-32-30(37)25(21-22-13-14-23-8-1-2-9-24(23)20-22)33-28(35)12-5-6-18-34-26-10-3-4-11-27(26)38-19-15-29(34)36/h1-4,8-11,13-14,20,25H,5-7,12,15-19,21,31H2,(H,32,37)(H,33,35). The number of thioether (sulfide) groups is 1. The average molecular weight is 533 g/mol. The number of anilines is 1. The van der Waals surface area contributed by atoms with Crippen LogP contribution in [0.1, 0.15) is 37.7 Å². The van der Waals surface area contributed by atoms with E-state index in [1.54, 1.807) is 11.8 Å². The largest absolute Gasteiger partial charge is 0.354 e. The van der Waals surface area contributed by atoms with Crippen molar-refractivity contribution in [2.75, 3.05) is 30.3 Å². The van der Waals surface area contributed by atoms with Crippen LogP contribution in [0.15, 0.2) is 71.6 Å². The van der Waals surface area contributed by atoms with Gasteiger partial charge in [0.1, 0.15) is 6.04 Å². The molecule has 8 heteroatoms.